The van der Waals surface area contributed by atoms with E-state index in [9.17, 15) is 4.79 Å². The lowest BCUT2D eigenvalue weighted by Gasteiger charge is -2.36. The maximum Gasteiger partial charge on any atom is 0.251 e. The summed E-state index contributed by atoms with van der Waals surface area (Å²) in [5, 5.41) is 1.12. The Balaban J connectivity index is 1.81. The summed E-state index contributed by atoms with van der Waals surface area (Å²) in [6.07, 6.45) is 2.51. The molecule has 1 aliphatic rings. The van der Waals surface area contributed by atoms with Gasteiger partial charge in [-0.15, -0.1) is 0 Å². The topological polar surface area (TPSA) is 36.1 Å². The van der Waals surface area contributed by atoms with Gasteiger partial charge in [-0.1, -0.05) is 36.4 Å². The smallest absolute Gasteiger partial charge is 0.251 e. The molecule has 134 valence electrons. The van der Waals surface area contributed by atoms with E-state index in [2.05, 4.69) is 65.5 Å². The highest BCUT2D eigenvalue weighted by atomic mass is 16.1. The van der Waals surface area contributed by atoms with Crippen LogP contribution in [0.5, 0.6) is 0 Å². The van der Waals surface area contributed by atoms with E-state index in [4.69, 9.17) is 0 Å². The molecule has 1 N–H and O–H groups in total. The van der Waals surface area contributed by atoms with Crippen LogP contribution >= 0.6 is 0 Å². The van der Waals surface area contributed by atoms with Gasteiger partial charge in [0.05, 0.1) is 0 Å². The lowest BCUT2D eigenvalue weighted by atomic mass is 9.77. The number of nitrogens with one attached hydrogen (secondary N) is 1. The summed E-state index contributed by atoms with van der Waals surface area (Å²) in [7, 11) is 2.22. The maximum atomic E-state index is 11.9. The van der Waals surface area contributed by atoms with E-state index >= 15 is 0 Å². The fraction of sp³-hybridized carbons (Fsp3) is 0.348. The summed E-state index contributed by atoms with van der Waals surface area (Å²) in [5.74, 6) is 0.994. The van der Waals surface area contributed by atoms with Gasteiger partial charge in [0.15, 0.2) is 0 Å². The number of aryl methyl sites for hydroxylation is 1. The van der Waals surface area contributed by atoms with E-state index < -0.39 is 0 Å². The number of H-pyrrole nitrogens is 1. The Morgan fingerprint density at radius 3 is 2.65 bits per heavy atom. The molecule has 0 aliphatic carbocycles. The van der Waals surface area contributed by atoms with E-state index in [-0.39, 0.29) is 5.56 Å². The van der Waals surface area contributed by atoms with Crippen molar-refractivity contribution in [1.82, 2.24) is 9.88 Å². The van der Waals surface area contributed by atoms with E-state index in [0.29, 0.717) is 11.8 Å². The minimum absolute atomic E-state index is 0.00114. The van der Waals surface area contributed by atoms with Gasteiger partial charge in [0, 0.05) is 23.5 Å². The number of aromatic nitrogens is 1. The van der Waals surface area contributed by atoms with Gasteiger partial charge in [0.25, 0.3) is 5.56 Å². The summed E-state index contributed by atoms with van der Waals surface area (Å²) < 4.78 is 0. The average molecular weight is 346 g/mol. The highest BCUT2D eigenvalue weighted by Crippen LogP contribution is 2.37. The number of rotatable bonds is 3. The third-order valence-electron chi connectivity index (χ3n) is 5.70. The van der Waals surface area contributed by atoms with Crippen molar-refractivity contribution in [2.45, 2.75) is 25.7 Å². The first-order chi connectivity index (χ1) is 12.6. The minimum atomic E-state index is -0.00114. The molecule has 2 aromatic carbocycles. The average Bonchev–Trinajstić information content (AvgIpc) is 2.64. The molecule has 0 spiro atoms. The zero-order valence-corrected chi connectivity index (χ0v) is 15.5. The van der Waals surface area contributed by atoms with Crippen molar-refractivity contribution in [3.8, 4) is 0 Å². The summed E-state index contributed by atoms with van der Waals surface area (Å²) in [6, 6.07) is 19.4. The number of aromatic amines is 1. The molecule has 1 fully saturated rings. The number of nitrogens with zero attached hydrogens (tertiary/aromatic N) is 1. The number of benzene rings is 2. The van der Waals surface area contributed by atoms with Crippen molar-refractivity contribution >= 4 is 10.9 Å². The molecule has 2 unspecified atom stereocenters. The number of hydrogen-bond acceptors (Lipinski definition) is 2. The molecule has 1 aliphatic heterocycles. The highest BCUT2D eigenvalue weighted by Gasteiger charge is 2.28. The van der Waals surface area contributed by atoms with Gasteiger partial charge in [0.2, 0.25) is 0 Å². The van der Waals surface area contributed by atoms with Crippen molar-refractivity contribution in [3.63, 3.8) is 0 Å². The standard InChI is InChI=1S/C23H26N2O/c1-16-13-20-14-18(10-11-21(20)24-23(16)26)22(17-7-4-3-5-8-17)19-9-6-12-25(2)15-19/h3-5,7-8,10-11,13-14,19,22H,6,9,12,15H2,1-2H3,(H,24,26). The van der Waals surface area contributed by atoms with Gasteiger partial charge < -0.3 is 9.88 Å². The fourth-order valence-electron chi connectivity index (χ4n) is 4.40. The SMILES string of the molecule is Cc1cc2cc(C(c3ccccc3)C3CCCN(C)C3)ccc2[nH]c1=O. The second kappa shape index (κ2) is 7.08. The van der Waals surface area contributed by atoms with Crippen molar-refractivity contribution in [3.05, 3.63) is 81.6 Å². The predicted octanol–water partition coefficient (Wildman–Crippen LogP) is 4.31. The number of piperidine rings is 1. The summed E-state index contributed by atoms with van der Waals surface area (Å²) >= 11 is 0. The first kappa shape index (κ1) is 17.0. The molecule has 3 nitrogen and oxygen atoms in total. The molecular weight excluding hydrogens is 320 g/mol. The van der Waals surface area contributed by atoms with Crippen molar-refractivity contribution < 1.29 is 0 Å². The third kappa shape index (κ3) is 3.32. The fourth-order valence-corrected chi connectivity index (χ4v) is 4.40. The van der Waals surface area contributed by atoms with Crippen LogP contribution in [0.15, 0.2) is 59.4 Å². The normalized spacial score (nSPS) is 19.5. The molecule has 0 radical (unpaired) electrons. The second-order valence-corrected chi connectivity index (χ2v) is 7.68. The molecule has 0 bridgehead atoms. The van der Waals surface area contributed by atoms with E-state index in [0.717, 1.165) is 23.0 Å². The van der Waals surface area contributed by atoms with Gasteiger partial charge in [0.1, 0.15) is 0 Å². The Morgan fingerprint density at radius 1 is 1.08 bits per heavy atom. The Kier molecular flexibility index (Phi) is 4.64. The highest BCUT2D eigenvalue weighted by molar-refractivity contribution is 5.80. The van der Waals surface area contributed by atoms with Gasteiger partial charge in [-0.25, -0.2) is 0 Å². The van der Waals surface area contributed by atoms with Crippen LogP contribution < -0.4 is 5.56 Å². The van der Waals surface area contributed by atoms with Crippen LogP contribution in [0.25, 0.3) is 10.9 Å². The van der Waals surface area contributed by atoms with Crippen LogP contribution in [0.1, 0.15) is 35.4 Å². The maximum absolute atomic E-state index is 11.9. The molecule has 2 heterocycles. The van der Waals surface area contributed by atoms with Crippen LogP contribution in [0.2, 0.25) is 0 Å². The molecule has 26 heavy (non-hydrogen) atoms. The Labute approximate surface area is 154 Å². The van der Waals surface area contributed by atoms with Crippen LogP contribution in [-0.4, -0.2) is 30.0 Å². The van der Waals surface area contributed by atoms with Crippen molar-refractivity contribution in [2.75, 3.05) is 20.1 Å². The molecule has 0 amide bonds. The number of pyridine rings is 1. The summed E-state index contributed by atoms with van der Waals surface area (Å²) in [4.78, 5) is 17.3. The Morgan fingerprint density at radius 2 is 1.88 bits per heavy atom. The summed E-state index contributed by atoms with van der Waals surface area (Å²) in [5.41, 5.74) is 4.41. The largest absolute Gasteiger partial charge is 0.322 e. The zero-order valence-electron chi connectivity index (χ0n) is 15.5. The number of likely N-dealkylation sites (tertiary alicyclic amines) is 1. The molecule has 0 saturated carbocycles. The van der Waals surface area contributed by atoms with Gasteiger partial charge >= 0.3 is 0 Å². The van der Waals surface area contributed by atoms with Gasteiger partial charge in [-0.05, 0) is 74.0 Å². The number of fused-ring (bicyclic) bond motifs is 1. The van der Waals surface area contributed by atoms with Crippen LogP contribution in [-0.2, 0) is 0 Å². The first-order valence-corrected chi connectivity index (χ1v) is 9.49. The van der Waals surface area contributed by atoms with E-state index in [1.165, 1.54) is 30.5 Å². The molecule has 1 saturated heterocycles. The second-order valence-electron chi connectivity index (χ2n) is 7.68. The van der Waals surface area contributed by atoms with Crippen LogP contribution in [0.4, 0.5) is 0 Å². The van der Waals surface area contributed by atoms with E-state index in [1.54, 1.807) is 0 Å². The molecule has 2 atom stereocenters. The van der Waals surface area contributed by atoms with Crippen molar-refractivity contribution in [1.29, 1.82) is 0 Å². The lowest BCUT2D eigenvalue weighted by molar-refractivity contribution is 0.196. The third-order valence-corrected chi connectivity index (χ3v) is 5.70. The lowest BCUT2D eigenvalue weighted by Crippen LogP contribution is -2.35. The first-order valence-electron chi connectivity index (χ1n) is 9.49. The molecular formula is C23H26N2O. The number of hydrogen-bond donors (Lipinski definition) is 1. The predicted molar refractivity (Wildman–Crippen MR) is 108 cm³/mol. The Bertz CT molecular complexity index is 961. The Hall–Kier alpha value is -2.39. The van der Waals surface area contributed by atoms with Gasteiger partial charge in [-0.2, -0.15) is 0 Å². The monoisotopic (exact) mass is 346 g/mol. The molecule has 3 heteroatoms. The zero-order chi connectivity index (χ0) is 18.1. The van der Waals surface area contributed by atoms with Crippen LogP contribution in [0, 0.1) is 12.8 Å². The molecule has 4 rings (SSSR count). The van der Waals surface area contributed by atoms with Crippen molar-refractivity contribution in [2.24, 2.45) is 5.92 Å². The molecule has 1 aromatic heterocycles. The van der Waals surface area contributed by atoms with Gasteiger partial charge in [-0.3, -0.25) is 4.79 Å². The quantitative estimate of drug-likeness (QED) is 0.767. The minimum Gasteiger partial charge on any atom is -0.322 e. The van der Waals surface area contributed by atoms with Crippen LogP contribution in [0.3, 0.4) is 0 Å². The summed E-state index contributed by atoms with van der Waals surface area (Å²) in [6.45, 7) is 4.19. The molecule has 3 aromatic rings. The van der Waals surface area contributed by atoms with E-state index in [1.807, 2.05) is 13.0 Å².